The minimum atomic E-state index is -3.67. The number of rotatable bonds is 3. The van der Waals surface area contributed by atoms with Gasteiger partial charge in [-0.15, -0.1) is 0 Å². The van der Waals surface area contributed by atoms with Gasteiger partial charge in [-0.05, 0) is 49.9 Å². The minimum Gasteiger partial charge on any atom is -0.395 e. The van der Waals surface area contributed by atoms with Gasteiger partial charge in [-0.2, -0.15) is 4.31 Å². The average molecular weight is 287 g/mol. The Morgan fingerprint density at radius 2 is 1.95 bits per heavy atom. The van der Waals surface area contributed by atoms with E-state index >= 15 is 0 Å². The third-order valence-electron chi connectivity index (χ3n) is 3.53. The molecule has 0 amide bonds. The summed E-state index contributed by atoms with van der Waals surface area (Å²) in [6, 6.07) is 2.09. The van der Waals surface area contributed by atoms with Gasteiger partial charge in [0.25, 0.3) is 0 Å². The Kier molecular flexibility index (Phi) is 3.94. The van der Waals surface area contributed by atoms with Crippen LogP contribution in [0.25, 0.3) is 0 Å². The maximum Gasteiger partial charge on any atom is 0.243 e. The lowest BCUT2D eigenvalue weighted by Gasteiger charge is -2.24. The molecule has 6 heteroatoms. The van der Waals surface area contributed by atoms with Crippen molar-refractivity contribution in [3.05, 3.63) is 29.1 Å². The summed E-state index contributed by atoms with van der Waals surface area (Å²) in [7, 11) is -3.67. The first-order chi connectivity index (χ1) is 8.87. The quantitative estimate of drug-likeness (QED) is 0.918. The van der Waals surface area contributed by atoms with Gasteiger partial charge >= 0.3 is 0 Å². The molecule has 4 nitrogen and oxygen atoms in total. The van der Waals surface area contributed by atoms with Crippen LogP contribution in [0.2, 0.25) is 0 Å². The molecule has 1 aromatic carbocycles. The highest BCUT2D eigenvalue weighted by atomic mass is 32.2. The summed E-state index contributed by atoms with van der Waals surface area (Å²) < 4.78 is 39.9. The van der Waals surface area contributed by atoms with E-state index in [0.717, 1.165) is 6.42 Å². The van der Waals surface area contributed by atoms with Crippen LogP contribution < -0.4 is 0 Å². The van der Waals surface area contributed by atoms with Crippen LogP contribution in [0.15, 0.2) is 17.0 Å². The Hall–Kier alpha value is -0.980. The van der Waals surface area contributed by atoms with Crippen LogP contribution in [0.4, 0.5) is 4.39 Å². The highest BCUT2D eigenvalue weighted by Gasteiger charge is 2.36. The second-order valence-corrected chi connectivity index (χ2v) is 6.79. The van der Waals surface area contributed by atoms with Gasteiger partial charge in [0.05, 0.1) is 11.5 Å². The molecule has 0 radical (unpaired) electrons. The Morgan fingerprint density at radius 3 is 2.47 bits per heavy atom. The number of hydrogen-bond acceptors (Lipinski definition) is 3. The van der Waals surface area contributed by atoms with Crippen molar-refractivity contribution in [1.82, 2.24) is 4.31 Å². The topological polar surface area (TPSA) is 57.6 Å². The molecule has 0 bridgehead atoms. The van der Waals surface area contributed by atoms with Gasteiger partial charge in [0.1, 0.15) is 5.82 Å². The standard InChI is InChI=1S/C13H18FNO3S/c1-9-6-11(14)7-10(2)13(9)19(17,18)15-5-3-4-12(15)8-16/h6-7,12,16H,3-5,8H2,1-2H3/t12-/m0/s1. The van der Waals surface area contributed by atoms with Gasteiger partial charge in [0.2, 0.25) is 10.0 Å². The van der Waals surface area contributed by atoms with Gasteiger partial charge < -0.3 is 5.11 Å². The average Bonchev–Trinajstić information content (AvgIpc) is 2.75. The highest BCUT2D eigenvalue weighted by molar-refractivity contribution is 7.89. The van der Waals surface area contributed by atoms with Crippen molar-refractivity contribution in [1.29, 1.82) is 0 Å². The van der Waals surface area contributed by atoms with Crippen molar-refractivity contribution in [3.8, 4) is 0 Å². The van der Waals surface area contributed by atoms with Crippen molar-refractivity contribution in [2.45, 2.75) is 37.6 Å². The molecule has 1 atom stereocenters. The molecule has 1 aliphatic heterocycles. The zero-order chi connectivity index (χ0) is 14.2. The van der Waals surface area contributed by atoms with Crippen LogP contribution in [0.1, 0.15) is 24.0 Å². The van der Waals surface area contributed by atoms with Gasteiger partial charge in [-0.3, -0.25) is 0 Å². The zero-order valence-electron chi connectivity index (χ0n) is 11.1. The monoisotopic (exact) mass is 287 g/mol. The predicted molar refractivity (Wildman–Crippen MR) is 69.9 cm³/mol. The Labute approximate surface area is 112 Å². The molecule has 1 saturated heterocycles. The van der Waals surface area contributed by atoms with Crippen molar-refractivity contribution in [2.75, 3.05) is 13.2 Å². The lowest BCUT2D eigenvalue weighted by Crippen LogP contribution is -2.38. The fraction of sp³-hybridized carbons (Fsp3) is 0.538. The number of sulfonamides is 1. The molecule has 0 unspecified atom stereocenters. The minimum absolute atomic E-state index is 0.161. The zero-order valence-corrected chi connectivity index (χ0v) is 11.9. The van der Waals surface area contributed by atoms with E-state index in [4.69, 9.17) is 0 Å². The third-order valence-corrected chi connectivity index (χ3v) is 5.78. The van der Waals surface area contributed by atoms with Crippen molar-refractivity contribution in [2.24, 2.45) is 0 Å². The SMILES string of the molecule is Cc1cc(F)cc(C)c1S(=O)(=O)N1CCC[C@H]1CO. The van der Waals surface area contributed by atoms with E-state index in [-0.39, 0.29) is 17.5 Å². The maximum absolute atomic E-state index is 13.3. The molecule has 1 fully saturated rings. The van der Waals surface area contributed by atoms with E-state index in [0.29, 0.717) is 24.1 Å². The van der Waals surface area contributed by atoms with Gasteiger partial charge in [-0.25, -0.2) is 12.8 Å². The van der Waals surface area contributed by atoms with Crippen LogP contribution in [-0.4, -0.2) is 37.0 Å². The van der Waals surface area contributed by atoms with Crippen LogP contribution in [0.3, 0.4) is 0 Å². The molecule has 1 aliphatic rings. The van der Waals surface area contributed by atoms with Crippen molar-refractivity contribution in [3.63, 3.8) is 0 Å². The van der Waals surface area contributed by atoms with E-state index in [2.05, 4.69) is 0 Å². The second-order valence-electron chi connectivity index (χ2n) is 4.96. The van der Waals surface area contributed by atoms with E-state index in [1.165, 1.54) is 16.4 Å². The van der Waals surface area contributed by atoms with Gasteiger partial charge in [-0.1, -0.05) is 0 Å². The lowest BCUT2D eigenvalue weighted by atomic mass is 10.1. The van der Waals surface area contributed by atoms with E-state index in [9.17, 15) is 17.9 Å². The summed E-state index contributed by atoms with van der Waals surface area (Å²) in [5, 5.41) is 9.26. The van der Waals surface area contributed by atoms with E-state index < -0.39 is 15.8 Å². The second kappa shape index (κ2) is 5.19. The molecule has 2 rings (SSSR count). The highest BCUT2D eigenvalue weighted by Crippen LogP contribution is 2.30. The first-order valence-electron chi connectivity index (χ1n) is 6.27. The first kappa shape index (κ1) is 14.4. The summed E-state index contributed by atoms with van der Waals surface area (Å²) in [4.78, 5) is 0.161. The smallest absolute Gasteiger partial charge is 0.243 e. The molecule has 106 valence electrons. The number of hydrogen-bond donors (Lipinski definition) is 1. The van der Waals surface area contributed by atoms with Crippen LogP contribution in [0, 0.1) is 19.7 Å². The molecule has 19 heavy (non-hydrogen) atoms. The summed E-state index contributed by atoms with van der Waals surface area (Å²) in [5.74, 6) is -0.436. The Morgan fingerprint density at radius 1 is 1.37 bits per heavy atom. The van der Waals surface area contributed by atoms with E-state index in [1.807, 2.05) is 0 Å². The molecular weight excluding hydrogens is 269 g/mol. The van der Waals surface area contributed by atoms with Gasteiger partial charge in [0.15, 0.2) is 0 Å². The molecule has 1 N–H and O–H groups in total. The summed E-state index contributed by atoms with van der Waals surface area (Å²) in [5.41, 5.74) is 0.808. The molecule has 1 aromatic rings. The first-order valence-corrected chi connectivity index (χ1v) is 7.71. The van der Waals surface area contributed by atoms with E-state index in [1.54, 1.807) is 13.8 Å². The molecule has 0 aliphatic carbocycles. The van der Waals surface area contributed by atoms with Crippen LogP contribution in [0.5, 0.6) is 0 Å². The molecule has 0 saturated carbocycles. The molecular formula is C13H18FNO3S. The fourth-order valence-corrected chi connectivity index (χ4v) is 4.83. The number of aryl methyl sites for hydroxylation is 2. The van der Waals surface area contributed by atoms with Crippen molar-refractivity contribution >= 4 is 10.0 Å². The summed E-state index contributed by atoms with van der Waals surface area (Å²) in [6.07, 6.45) is 1.40. The maximum atomic E-state index is 13.3. The number of benzene rings is 1. The van der Waals surface area contributed by atoms with Crippen LogP contribution >= 0.6 is 0 Å². The molecule has 0 aromatic heterocycles. The summed E-state index contributed by atoms with van der Waals surface area (Å²) >= 11 is 0. The van der Waals surface area contributed by atoms with Crippen LogP contribution in [-0.2, 0) is 10.0 Å². The lowest BCUT2D eigenvalue weighted by molar-refractivity contribution is 0.213. The number of aliphatic hydroxyl groups excluding tert-OH is 1. The Bertz CT molecular complexity index is 563. The fourth-order valence-electron chi connectivity index (χ4n) is 2.73. The largest absolute Gasteiger partial charge is 0.395 e. The summed E-state index contributed by atoms with van der Waals surface area (Å²) in [6.45, 7) is 3.41. The normalized spacial score (nSPS) is 20.9. The number of halogens is 1. The number of aliphatic hydroxyl groups is 1. The third kappa shape index (κ3) is 2.52. The Balaban J connectivity index is 2.51. The number of nitrogens with zero attached hydrogens (tertiary/aromatic N) is 1. The van der Waals surface area contributed by atoms with Gasteiger partial charge in [0, 0.05) is 12.6 Å². The predicted octanol–water partition coefficient (Wildman–Crippen LogP) is 1.59. The molecule has 1 heterocycles. The van der Waals surface area contributed by atoms with Crippen molar-refractivity contribution < 1.29 is 17.9 Å². The molecule has 0 spiro atoms.